The van der Waals surface area contributed by atoms with Crippen molar-refractivity contribution in [3.63, 3.8) is 0 Å². The van der Waals surface area contributed by atoms with Crippen molar-refractivity contribution in [3.8, 4) is 5.88 Å². The quantitative estimate of drug-likeness (QED) is 0.602. The first-order valence-corrected chi connectivity index (χ1v) is 8.17. The van der Waals surface area contributed by atoms with Crippen LogP contribution in [0.3, 0.4) is 0 Å². The normalized spacial score (nSPS) is 12.1. The van der Waals surface area contributed by atoms with Crippen LogP contribution in [0.25, 0.3) is 0 Å². The molecule has 0 bridgehead atoms. The molecule has 2 heterocycles. The summed E-state index contributed by atoms with van der Waals surface area (Å²) in [6.07, 6.45) is -1.19. The molecule has 10 heteroatoms. The molecule has 2 aromatic heterocycles. The molecule has 0 aromatic carbocycles. The van der Waals surface area contributed by atoms with E-state index in [0.29, 0.717) is 19.0 Å². The minimum Gasteiger partial charge on any atom is -0.468 e. The molecular formula is C15H18F3N5OS. The van der Waals surface area contributed by atoms with E-state index in [1.165, 1.54) is 12.3 Å². The molecule has 2 N–H and O–H groups in total. The highest BCUT2D eigenvalue weighted by molar-refractivity contribution is 7.11. The lowest BCUT2D eigenvalue weighted by molar-refractivity contribution is -0.154. The number of alkyl halides is 3. The highest BCUT2D eigenvalue weighted by Crippen LogP contribution is 2.17. The van der Waals surface area contributed by atoms with Gasteiger partial charge in [-0.15, -0.1) is 11.3 Å². The average Bonchev–Trinajstić information content (AvgIpc) is 2.98. The van der Waals surface area contributed by atoms with Gasteiger partial charge in [0.2, 0.25) is 5.88 Å². The Morgan fingerprint density at radius 3 is 2.68 bits per heavy atom. The van der Waals surface area contributed by atoms with E-state index in [-0.39, 0.29) is 5.88 Å². The van der Waals surface area contributed by atoms with E-state index in [4.69, 9.17) is 0 Å². The smallest absolute Gasteiger partial charge is 0.422 e. The van der Waals surface area contributed by atoms with Crippen LogP contribution in [0.4, 0.5) is 13.2 Å². The molecule has 25 heavy (non-hydrogen) atoms. The summed E-state index contributed by atoms with van der Waals surface area (Å²) in [5.41, 5.74) is 0.722. The Hall–Kier alpha value is -2.36. The fraction of sp³-hybridized carbons (Fsp3) is 0.400. The van der Waals surface area contributed by atoms with E-state index in [2.05, 4.69) is 30.3 Å². The van der Waals surface area contributed by atoms with Crippen LogP contribution in [0.5, 0.6) is 5.88 Å². The SMILES string of the molecule is CN=C(NCc1ccnc(OCC(F)(F)F)c1)NCc1ncc(C)s1. The van der Waals surface area contributed by atoms with Crippen LogP contribution >= 0.6 is 11.3 Å². The first-order chi connectivity index (χ1) is 11.9. The van der Waals surface area contributed by atoms with Crippen molar-refractivity contribution in [2.75, 3.05) is 13.7 Å². The summed E-state index contributed by atoms with van der Waals surface area (Å²) in [5.74, 6) is 0.486. The van der Waals surface area contributed by atoms with Crippen LogP contribution in [0.1, 0.15) is 15.4 Å². The van der Waals surface area contributed by atoms with Crippen LogP contribution in [0.15, 0.2) is 29.5 Å². The summed E-state index contributed by atoms with van der Waals surface area (Å²) < 4.78 is 41.2. The molecule has 0 fully saturated rings. The minimum atomic E-state index is -4.39. The number of aliphatic imine (C=N–C) groups is 1. The molecule has 0 saturated carbocycles. The predicted octanol–water partition coefficient (Wildman–Crippen LogP) is 2.65. The monoisotopic (exact) mass is 373 g/mol. The van der Waals surface area contributed by atoms with Crippen molar-refractivity contribution >= 4 is 17.3 Å². The van der Waals surface area contributed by atoms with Gasteiger partial charge in [-0.1, -0.05) is 0 Å². The third-order valence-electron chi connectivity index (χ3n) is 2.94. The van der Waals surface area contributed by atoms with Crippen LogP contribution in [-0.4, -0.2) is 35.8 Å². The standard InChI is InChI=1S/C15H18F3N5OS/c1-10-6-21-13(25-10)8-23-14(19-2)22-7-11-3-4-20-12(5-11)24-9-15(16,17)18/h3-6H,7-9H2,1-2H3,(H2,19,22,23). The Morgan fingerprint density at radius 2 is 2.04 bits per heavy atom. The van der Waals surface area contributed by atoms with Gasteiger partial charge >= 0.3 is 6.18 Å². The van der Waals surface area contributed by atoms with Crippen molar-refractivity contribution in [3.05, 3.63) is 40.0 Å². The number of guanidine groups is 1. The molecule has 0 amide bonds. The molecule has 2 aromatic rings. The molecule has 0 unspecified atom stereocenters. The molecule has 0 aliphatic heterocycles. The number of aromatic nitrogens is 2. The lowest BCUT2D eigenvalue weighted by Crippen LogP contribution is -2.36. The first kappa shape index (κ1) is 19.0. The summed E-state index contributed by atoms with van der Waals surface area (Å²) in [6.45, 7) is 1.51. The third kappa shape index (κ3) is 6.96. The van der Waals surface area contributed by atoms with Crippen LogP contribution in [-0.2, 0) is 13.1 Å². The van der Waals surface area contributed by atoms with Crippen LogP contribution in [0, 0.1) is 6.92 Å². The van der Waals surface area contributed by atoms with Crippen molar-refractivity contribution in [2.24, 2.45) is 4.99 Å². The summed E-state index contributed by atoms with van der Waals surface area (Å²) in [7, 11) is 1.63. The Bertz CT molecular complexity index is 717. The molecule has 0 radical (unpaired) electrons. The molecular weight excluding hydrogens is 355 g/mol. The van der Waals surface area contributed by atoms with Gasteiger partial charge in [0, 0.05) is 36.9 Å². The highest BCUT2D eigenvalue weighted by atomic mass is 32.1. The van der Waals surface area contributed by atoms with Gasteiger partial charge in [0.05, 0.1) is 6.54 Å². The second kappa shape index (κ2) is 8.65. The first-order valence-electron chi connectivity index (χ1n) is 7.36. The lowest BCUT2D eigenvalue weighted by Gasteiger charge is -2.12. The largest absolute Gasteiger partial charge is 0.468 e. The molecule has 136 valence electrons. The fourth-order valence-electron chi connectivity index (χ4n) is 1.84. The summed E-state index contributed by atoms with van der Waals surface area (Å²) in [4.78, 5) is 13.2. The van der Waals surface area contributed by atoms with Gasteiger partial charge in [-0.05, 0) is 18.6 Å². The summed E-state index contributed by atoms with van der Waals surface area (Å²) in [6, 6.07) is 3.14. The number of nitrogens with zero attached hydrogens (tertiary/aromatic N) is 3. The van der Waals surface area contributed by atoms with E-state index in [0.717, 1.165) is 15.4 Å². The van der Waals surface area contributed by atoms with E-state index in [1.54, 1.807) is 30.6 Å². The molecule has 0 saturated heterocycles. The Balaban J connectivity index is 1.84. The third-order valence-corrected chi connectivity index (χ3v) is 3.86. The number of thiazole rings is 1. The van der Waals surface area contributed by atoms with Crippen molar-refractivity contribution < 1.29 is 17.9 Å². The summed E-state index contributed by atoms with van der Waals surface area (Å²) in [5, 5.41) is 7.13. The van der Waals surface area contributed by atoms with E-state index >= 15 is 0 Å². The topological polar surface area (TPSA) is 71.4 Å². The summed E-state index contributed by atoms with van der Waals surface area (Å²) >= 11 is 1.59. The number of nitrogens with one attached hydrogen (secondary N) is 2. The molecule has 0 atom stereocenters. The van der Waals surface area contributed by atoms with Gasteiger partial charge in [0.25, 0.3) is 0 Å². The minimum absolute atomic E-state index is 0.0715. The number of hydrogen-bond acceptors (Lipinski definition) is 5. The number of pyridine rings is 1. The van der Waals surface area contributed by atoms with Crippen LogP contribution < -0.4 is 15.4 Å². The maximum absolute atomic E-state index is 12.2. The van der Waals surface area contributed by atoms with E-state index in [1.807, 2.05) is 6.92 Å². The average molecular weight is 373 g/mol. The lowest BCUT2D eigenvalue weighted by atomic mass is 10.2. The Labute approximate surface area is 147 Å². The number of hydrogen-bond donors (Lipinski definition) is 2. The van der Waals surface area contributed by atoms with Gasteiger partial charge in [-0.3, -0.25) is 4.99 Å². The molecule has 6 nitrogen and oxygen atoms in total. The number of halogens is 3. The zero-order valence-electron chi connectivity index (χ0n) is 13.7. The van der Waals surface area contributed by atoms with Gasteiger partial charge in [0.1, 0.15) is 5.01 Å². The predicted molar refractivity (Wildman–Crippen MR) is 89.7 cm³/mol. The molecule has 2 rings (SSSR count). The van der Waals surface area contributed by atoms with E-state index in [9.17, 15) is 13.2 Å². The molecule has 0 spiro atoms. The van der Waals surface area contributed by atoms with Crippen LogP contribution in [0.2, 0.25) is 0 Å². The highest BCUT2D eigenvalue weighted by Gasteiger charge is 2.28. The van der Waals surface area contributed by atoms with Gasteiger partial charge in [0.15, 0.2) is 12.6 Å². The Kier molecular flexibility index (Phi) is 6.57. The van der Waals surface area contributed by atoms with Crippen molar-refractivity contribution in [1.82, 2.24) is 20.6 Å². The second-order valence-electron chi connectivity index (χ2n) is 5.05. The Morgan fingerprint density at radius 1 is 1.28 bits per heavy atom. The van der Waals surface area contributed by atoms with E-state index < -0.39 is 12.8 Å². The van der Waals surface area contributed by atoms with Crippen molar-refractivity contribution in [1.29, 1.82) is 0 Å². The second-order valence-corrected chi connectivity index (χ2v) is 6.37. The fourth-order valence-corrected chi connectivity index (χ4v) is 2.57. The van der Waals surface area contributed by atoms with Gasteiger partial charge < -0.3 is 15.4 Å². The molecule has 0 aliphatic rings. The number of aryl methyl sites for hydroxylation is 1. The number of rotatable bonds is 6. The van der Waals surface area contributed by atoms with Gasteiger partial charge in [-0.2, -0.15) is 13.2 Å². The molecule has 0 aliphatic carbocycles. The maximum atomic E-state index is 12.2. The number of ether oxygens (including phenoxy) is 1. The van der Waals surface area contributed by atoms with Crippen molar-refractivity contribution in [2.45, 2.75) is 26.2 Å². The zero-order valence-corrected chi connectivity index (χ0v) is 14.5. The maximum Gasteiger partial charge on any atom is 0.422 e. The zero-order chi connectivity index (χ0) is 18.3. The van der Waals surface area contributed by atoms with Gasteiger partial charge in [-0.25, -0.2) is 9.97 Å².